The summed E-state index contributed by atoms with van der Waals surface area (Å²) in [6.07, 6.45) is 1.53. The molecule has 0 unspecified atom stereocenters. The first-order valence-corrected chi connectivity index (χ1v) is 9.23. The van der Waals surface area contributed by atoms with Crippen LogP contribution < -0.4 is 9.47 Å². The lowest BCUT2D eigenvalue weighted by Crippen LogP contribution is -1.97. The molecule has 28 heavy (non-hydrogen) atoms. The first-order chi connectivity index (χ1) is 13.5. The highest BCUT2D eigenvalue weighted by Gasteiger charge is 2.16. The molecule has 0 atom stereocenters. The van der Waals surface area contributed by atoms with E-state index in [0.717, 1.165) is 11.8 Å². The number of H-pyrrole nitrogens is 1. The van der Waals surface area contributed by atoms with Crippen molar-refractivity contribution in [2.45, 2.75) is 5.16 Å². The summed E-state index contributed by atoms with van der Waals surface area (Å²) >= 11 is 6.98. The Kier molecular flexibility index (Phi) is 6.23. The number of carbonyl (C=O) groups is 1. The number of nitrogens with zero attached hydrogens (tertiary/aromatic N) is 2. The van der Waals surface area contributed by atoms with Gasteiger partial charge in [0, 0.05) is 5.02 Å². The van der Waals surface area contributed by atoms with E-state index in [1.165, 1.54) is 13.2 Å². The van der Waals surface area contributed by atoms with Crippen molar-refractivity contribution in [3.05, 3.63) is 58.0 Å². The summed E-state index contributed by atoms with van der Waals surface area (Å²) in [5.74, 6) is 0.548. The van der Waals surface area contributed by atoms with Crippen molar-refractivity contribution in [2.24, 2.45) is 0 Å². The second kappa shape index (κ2) is 8.81. The molecule has 7 nitrogen and oxygen atoms in total. The predicted molar refractivity (Wildman–Crippen MR) is 108 cm³/mol. The number of thioether (sulfide) groups is 1. The number of hydrogen-bond acceptors (Lipinski definition) is 6. The van der Waals surface area contributed by atoms with Gasteiger partial charge in [-0.2, -0.15) is 0 Å². The van der Waals surface area contributed by atoms with Gasteiger partial charge in [-0.15, -0.1) is 5.10 Å². The normalized spacial score (nSPS) is 11.3. The highest BCUT2D eigenvalue weighted by molar-refractivity contribution is 8.04. The van der Waals surface area contributed by atoms with E-state index in [2.05, 4.69) is 15.2 Å². The van der Waals surface area contributed by atoms with Gasteiger partial charge in [0.25, 0.3) is 0 Å². The smallest absolute Gasteiger partial charge is 0.342 e. The number of aromatic nitrogens is 3. The Morgan fingerprint density at radius 3 is 2.75 bits per heavy atom. The number of methoxy groups -OCH3 is 2. The molecule has 0 aliphatic carbocycles. The third-order valence-corrected chi connectivity index (χ3v) is 4.80. The maximum Gasteiger partial charge on any atom is 0.342 e. The summed E-state index contributed by atoms with van der Waals surface area (Å²) in [6, 6.07) is 12.2. The number of halogens is 1. The van der Waals surface area contributed by atoms with E-state index in [1.54, 1.807) is 49.6 Å². The Balaban J connectivity index is 1.89. The number of hydrogen-bond donors (Lipinski definition) is 2. The van der Waals surface area contributed by atoms with E-state index in [4.69, 9.17) is 21.1 Å². The fraction of sp³-hybridized carbons (Fsp3) is 0.105. The Hall–Kier alpha value is -2.97. The maximum absolute atomic E-state index is 11.7. The average molecular weight is 418 g/mol. The van der Waals surface area contributed by atoms with Crippen LogP contribution in [0.3, 0.4) is 0 Å². The summed E-state index contributed by atoms with van der Waals surface area (Å²) in [5, 5.41) is 17.2. The minimum atomic E-state index is -1.08. The molecule has 9 heteroatoms. The van der Waals surface area contributed by atoms with E-state index in [0.29, 0.717) is 33.5 Å². The minimum absolute atomic E-state index is 0.0665. The summed E-state index contributed by atoms with van der Waals surface area (Å²) in [7, 11) is 3.09. The fourth-order valence-electron chi connectivity index (χ4n) is 2.39. The molecule has 0 fully saturated rings. The van der Waals surface area contributed by atoms with E-state index in [1.807, 2.05) is 0 Å². The number of ether oxygens (including phenoxy) is 2. The molecule has 1 heterocycles. The Morgan fingerprint density at radius 1 is 1.21 bits per heavy atom. The van der Waals surface area contributed by atoms with Crippen LogP contribution in [0.2, 0.25) is 5.02 Å². The van der Waals surface area contributed by atoms with E-state index >= 15 is 0 Å². The molecule has 0 radical (unpaired) electrons. The molecule has 0 aliphatic rings. The zero-order valence-electron chi connectivity index (χ0n) is 15.0. The van der Waals surface area contributed by atoms with Gasteiger partial charge in [0.2, 0.25) is 5.16 Å². The molecular formula is C19H16ClN3O4S. The van der Waals surface area contributed by atoms with Gasteiger partial charge in [0.15, 0.2) is 5.82 Å². The SMILES string of the molecule is COc1cccc(/C=C(\Sc2n[nH]c(-c3cc(Cl)ccc3OC)n2)C(=O)O)c1. The number of aromatic amines is 1. The van der Waals surface area contributed by atoms with Gasteiger partial charge in [0.05, 0.1) is 19.8 Å². The van der Waals surface area contributed by atoms with Gasteiger partial charge >= 0.3 is 5.97 Å². The van der Waals surface area contributed by atoms with E-state index < -0.39 is 5.97 Å². The van der Waals surface area contributed by atoms with Gasteiger partial charge in [-0.25, -0.2) is 9.78 Å². The third-order valence-electron chi connectivity index (χ3n) is 3.69. The first-order valence-electron chi connectivity index (χ1n) is 8.03. The molecule has 3 aromatic rings. The van der Waals surface area contributed by atoms with Crippen molar-refractivity contribution in [3.8, 4) is 22.9 Å². The molecular weight excluding hydrogens is 402 g/mol. The Morgan fingerprint density at radius 2 is 2.04 bits per heavy atom. The van der Waals surface area contributed by atoms with Crippen LogP contribution in [0, 0.1) is 0 Å². The number of rotatable bonds is 7. The molecule has 0 bridgehead atoms. The number of carboxylic acid groups (broad SMARTS) is 1. The minimum Gasteiger partial charge on any atom is -0.497 e. The van der Waals surface area contributed by atoms with Gasteiger partial charge in [0.1, 0.15) is 16.4 Å². The van der Waals surface area contributed by atoms with Gasteiger partial charge < -0.3 is 14.6 Å². The third kappa shape index (κ3) is 4.65. The average Bonchev–Trinajstić information content (AvgIpc) is 3.16. The van der Waals surface area contributed by atoms with Crippen LogP contribution in [0.1, 0.15) is 5.56 Å². The van der Waals surface area contributed by atoms with Crippen molar-refractivity contribution in [1.82, 2.24) is 15.2 Å². The van der Waals surface area contributed by atoms with Gasteiger partial charge in [-0.1, -0.05) is 23.7 Å². The Labute approximate surface area is 170 Å². The van der Waals surface area contributed by atoms with Crippen LogP contribution in [-0.4, -0.2) is 40.5 Å². The Bertz CT molecular complexity index is 1040. The fourth-order valence-corrected chi connectivity index (χ4v) is 3.27. The van der Waals surface area contributed by atoms with Crippen molar-refractivity contribution in [2.75, 3.05) is 14.2 Å². The number of carboxylic acids is 1. The monoisotopic (exact) mass is 417 g/mol. The molecule has 0 aliphatic heterocycles. The predicted octanol–water partition coefficient (Wildman–Crippen LogP) is 4.36. The molecule has 2 N–H and O–H groups in total. The number of aliphatic carboxylic acids is 1. The number of benzene rings is 2. The topological polar surface area (TPSA) is 97.3 Å². The summed E-state index contributed by atoms with van der Waals surface area (Å²) < 4.78 is 10.5. The van der Waals surface area contributed by atoms with Gasteiger partial charge in [-0.05, 0) is 53.7 Å². The lowest BCUT2D eigenvalue weighted by atomic mass is 10.2. The molecule has 0 saturated carbocycles. The second-order valence-corrected chi connectivity index (χ2v) is 6.95. The van der Waals surface area contributed by atoms with Crippen LogP contribution in [0.5, 0.6) is 11.5 Å². The first kappa shape index (κ1) is 19.8. The van der Waals surface area contributed by atoms with Crippen molar-refractivity contribution >= 4 is 35.4 Å². The van der Waals surface area contributed by atoms with E-state index in [-0.39, 0.29) is 10.1 Å². The van der Waals surface area contributed by atoms with Crippen LogP contribution >= 0.6 is 23.4 Å². The highest BCUT2D eigenvalue weighted by atomic mass is 35.5. The largest absolute Gasteiger partial charge is 0.497 e. The number of nitrogens with one attached hydrogen (secondary N) is 1. The van der Waals surface area contributed by atoms with Crippen molar-refractivity contribution in [1.29, 1.82) is 0 Å². The van der Waals surface area contributed by atoms with E-state index in [9.17, 15) is 9.90 Å². The van der Waals surface area contributed by atoms with Crippen LogP contribution in [0.25, 0.3) is 17.5 Å². The lowest BCUT2D eigenvalue weighted by Gasteiger charge is -2.05. The molecule has 2 aromatic carbocycles. The second-order valence-electron chi connectivity index (χ2n) is 5.50. The van der Waals surface area contributed by atoms with Gasteiger partial charge in [-0.3, -0.25) is 5.10 Å². The van der Waals surface area contributed by atoms with Crippen molar-refractivity contribution < 1.29 is 19.4 Å². The quantitative estimate of drug-likeness (QED) is 0.435. The highest BCUT2D eigenvalue weighted by Crippen LogP contribution is 2.33. The van der Waals surface area contributed by atoms with Crippen LogP contribution in [0.15, 0.2) is 52.5 Å². The summed E-state index contributed by atoms with van der Waals surface area (Å²) in [4.78, 5) is 16.1. The molecule has 0 spiro atoms. The molecule has 1 aromatic heterocycles. The maximum atomic E-state index is 11.7. The van der Waals surface area contributed by atoms with Crippen molar-refractivity contribution in [3.63, 3.8) is 0 Å². The standard InChI is InChI=1S/C19H16ClN3O4S/c1-26-13-5-3-4-11(8-13)9-16(18(24)25)28-19-21-17(22-23-19)14-10-12(20)6-7-15(14)27-2/h3-10H,1-2H3,(H,24,25)(H,21,22,23)/b16-9-. The van der Waals surface area contributed by atoms with Crippen LogP contribution in [0.4, 0.5) is 0 Å². The summed E-state index contributed by atoms with van der Waals surface area (Å²) in [5.41, 5.74) is 1.32. The lowest BCUT2D eigenvalue weighted by molar-refractivity contribution is -0.131. The molecule has 3 rings (SSSR count). The van der Waals surface area contributed by atoms with Crippen LogP contribution in [-0.2, 0) is 4.79 Å². The zero-order valence-corrected chi connectivity index (χ0v) is 16.5. The summed E-state index contributed by atoms with van der Waals surface area (Å²) in [6.45, 7) is 0. The molecule has 0 saturated heterocycles. The molecule has 144 valence electrons. The zero-order chi connectivity index (χ0) is 20.1. The molecule has 0 amide bonds.